The van der Waals surface area contributed by atoms with Crippen LogP contribution in [0.25, 0.3) is 0 Å². The van der Waals surface area contributed by atoms with Gasteiger partial charge in [0.1, 0.15) is 11.6 Å². The SMILES string of the molecule is CC(=CC(=O)c1ccc(C)o1)Nc1ccc(F)c(C)c1. The minimum absolute atomic E-state index is 0.207. The Morgan fingerprint density at radius 3 is 2.60 bits per heavy atom. The van der Waals surface area contributed by atoms with E-state index in [9.17, 15) is 9.18 Å². The zero-order chi connectivity index (χ0) is 14.7. The molecule has 104 valence electrons. The molecule has 0 amide bonds. The summed E-state index contributed by atoms with van der Waals surface area (Å²) in [5.74, 6) is 0.543. The van der Waals surface area contributed by atoms with Gasteiger partial charge in [0.05, 0.1) is 0 Å². The number of allylic oxidation sites excluding steroid dienone is 2. The maximum atomic E-state index is 13.2. The topological polar surface area (TPSA) is 42.2 Å². The molecule has 0 atom stereocenters. The number of furan rings is 1. The minimum Gasteiger partial charge on any atom is -0.458 e. The quantitative estimate of drug-likeness (QED) is 0.669. The summed E-state index contributed by atoms with van der Waals surface area (Å²) in [7, 11) is 0. The van der Waals surface area contributed by atoms with Crippen molar-refractivity contribution in [2.24, 2.45) is 0 Å². The van der Waals surface area contributed by atoms with Crippen LogP contribution in [0.3, 0.4) is 0 Å². The smallest absolute Gasteiger partial charge is 0.222 e. The van der Waals surface area contributed by atoms with Crippen molar-refractivity contribution >= 4 is 11.5 Å². The van der Waals surface area contributed by atoms with Crippen LogP contribution in [-0.4, -0.2) is 5.78 Å². The van der Waals surface area contributed by atoms with Crippen molar-refractivity contribution in [3.8, 4) is 0 Å². The lowest BCUT2D eigenvalue weighted by atomic mass is 10.2. The van der Waals surface area contributed by atoms with E-state index in [0.29, 0.717) is 22.8 Å². The van der Waals surface area contributed by atoms with Crippen LogP contribution >= 0.6 is 0 Å². The largest absolute Gasteiger partial charge is 0.458 e. The molecule has 0 aliphatic rings. The van der Waals surface area contributed by atoms with E-state index in [1.54, 1.807) is 45.0 Å². The van der Waals surface area contributed by atoms with Crippen molar-refractivity contribution in [2.45, 2.75) is 20.8 Å². The predicted octanol–water partition coefficient (Wildman–Crippen LogP) is 4.23. The molecule has 1 aromatic carbocycles. The van der Waals surface area contributed by atoms with Gasteiger partial charge < -0.3 is 9.73 Å². The number of benzene rings is 1. The number of hydrogen-bond acceptors (Lipinski definition) is 3. The van der Waals surface area contributed by atoms with Crippen molar-refractivity contribution in [2.75, 3.05) is 5.32 Å². The molecular weight excluding hydrogens is 257 g/mol. The third-order valence-electron chi connectivity index (χ3n) is 2.83. The lowest BCUT2D eigenvalue weighted by molar-refractivity contribution is 0.102. The second kappa shape index (κ2) is 5.74. The number of hydrogen-bond donors (Lipinski definition) is 1. The summed E-state index contributed by atoms with van der Waals surface area (Å²) in [6.07, 6.45) is 1.46. The average molecular weight is 273 g/mol. The van der Waals surface area contributed by atoms with Crippen LogP contribution in [0.4, 0.5) is 10.1 Å². The van der Waals surface area contributed by atoms with Crippen molar-refractivity contribution < 1.29 is 13.6 Å². The molecule has 3 nitrogen and oxygen atoms in total. The van der Waals surface area contributed by atoms with E-state index in [1.807, 2.05) is 0 Å². The summed E-state index contributed by atoms with van der Waals surface area (Å²) in [5.41, 5.74) is 1.95. The fourth-order valence-electron chi connectivity index (χ4n) is 1.82. The number of carbonyl (C=O) groups is 1. The highest BCUT2D eigenvalue weighted by Gasteiger charge is 2.08. The Morgan fingerprint density at radius 2 is 2.00 bits per heavy atom. The van der Waals surface area contributed by atoms with Gasteiger partial charge in [0.2, 0.25) is 5.78 Å². The van der Waals surface area contributed by atoms with Gasteiger partial charge >= 0.3 is 0 Å². The first-order valence-electron chi connectivity index (χ1n) is 6.28. The van der Waals surface area contributed by atoms with Crippen LogP contribution in [-0.2, 0) is 0 Å². The molecule has 0 spiro atoms. The Morgan fingerprint density at radius 1 is 1.25 bits per heavy atom. The summed E-state index contributed by atoms with van der Waals surface area (Å²) in [5, 5.41) is 3.05. The maximum Gasteiger partial charge on any atom is 0.222 e. The second-order valence-corrected chi connectivity index (χ2v) is 4.69. The zero-order valence-corrected chi connectivity index (χ0v) is 11.7. The van der Waals surface area contributed by atoms with Gasteiger partial charge in [-0.25, -0.2) is 4.39 Å². The minimum atomic E-state index is -0.251. The van der Waals surface area contributed by atoms with E-state index in [1.165, 1.54) is 12.1 Å². The molecule has 4 heteroatoms. The maximum absolute atomic E-state index is 13.2. The number of rotatable bonds is 4. The first kappa shape index (κ1) is 14.1. The Bertz CT molecular complexity index is 671. The Hall–Kier alpha value is -2.36. The van der Waals surface area contributed by atoms with Crippen LogP contribution in [0.5, 0.6) is 0 Å². The highest BCUT2D eigenvalue weighted by molar-refractivity contribution is 6.03. The molecular formula is C16H16FNO2. The monoisotopic (exact) mass is 273 g/mol. The fourth-order valence-corrected chi connectivity index (χ4v) is 1.82. The standard InChI is InChI=1S/C16H16FNO2/c1-10-8-13(5-6-14(10)17)18-11(2)9-15(19)16-7-4-12(3)20-16/h4-9,18H,1-3H3. The summed E-state index contributed by atoms with van der Waals surface area (Å²) < 4.78 is 18.4. The molecule has 1 N–H and O–H groups in total. The van der Waals surface area contributed by atoms with Crippen molar-refractivity contribution in [1.82, 2.24) is 0 Å². The highest BCUT2D eigenvalue weighted by atomic mass is 19.1. The van der Waals surface area contributed by atoms with E-state index in [-0.39, 0.29) is 11.6 Å². The van der Waals surface area contributed by atoms with Crippen LogP contribution in [0.2, 0.25) is 0 Å². The molecule has 1 aromatic heterocycles. The molecule has 0 fully saturated rings. The summed E-state index contributed by atoms with van der Waals surface area (Å²) in [4.78, 5) is 11.9. The highest BCUT2D eigenvalue weighted by Crippen LogP contribution is 2.16. The lowest BCUT2D eigenvalue weighted by Gasteiger charge is -2.07. The van der Waals surface area contributed by atoms with Gasteiger partial charge in [-0.05, 0) is 56.7 Å². The first-order chi connectivity index (χ1) is 9.45. The molecule has 0 radical (unpaired) electrons. The summed E-state index contributed by atoms with van der Waals surface area (Å²) >= 11 is 0. The molecule has 0 unspecified atom stereocenters. The fraction of sp³-hybridized carbons (Fsp3) is 0.188. The normalized spacial score (nSPS) is 11.5. The van der Waals surface area contributed by atoms with Crippen LogP contribution in [0, 0.1) is 19.7 Å². The molecule has 0 saturated carbocycles. The van der Waals surface area contributed by atoms with Gasteiger partial charge in [0.15, 0.2) is 5.76 Å². The van der Waals surface area contributed by atoms with E-state index in [0.717, 1.165) is 5.69 Å². The van der Waals surface area contributed by atoms with Gasteiger partial charge in [0, 0.05) is 17.5 Å². The molecule has 0 aliphatic carbocycles. The molecule has 0 aliphatic heterocycles. The molecule has 2 rings (SSSR count). The third kappa shape index (κ3) is 3.35. The Labute approximate surface area is 117 Å². The number of ketones is 1. The average Bonchev–Trinajstić information content (AvgIpc) is 2.80. The van der Waals surface area contributed by atoms with Crippen LogP contribution in [0.15, 0.2) is 46.5 Å². The van der Waals surface area contributed by atoms with Gasteiger partial charge in [-0.1, -0.05) is 0 Å². The Kier molecular flexibility index (Phi) is 4.03. The van der Waals surface area contributed by atoms with E-state index >= 15 is 0 Å². The predicted molar refractivity (Wildman–Crippen MR) is 76.3 cm³/mol. The van der Waals surface area contributed by atoms with Gasteiger partial charge in [0.25, 0.3) is 0 Å². The number of aryl methyl sites for hydroxylation is 2. The zero-order valence-electron chi connectivity index (χ0n) is 11.7. The van der Waals surface area contributed by atoms with Crippen molar-refractivity contribution in [3.05, 3.63) is 65.0 Å². The third-order valence-corrected chi connectivity index (χ3v) is 2.83. The van der Waals surface area contributed by atoms with E-state index < -0.39 is 0 Å². The second-order valence-electron chi connectivity index (χ2n) is 4.69. The Balaban J connectivity index is 2.10. The van der Waals surface area contributed by atoms with E-state index in [2.05, 4.69) is 5.32 Å². The summed E-state index contributed by atoms with van der Waals surface area (Å²) in [6.45, 7) is 5.25. The molecule has 0 saturated heterocycles. The number of anilines is 1. The van der Waals surface area contributed by atoms with Crippen LogP contribution in [0.1, 0.15) is 28.8 Å². The summed E-state index contributed by atoms with van der Waals surface area (Å²) in [6, 6.07) is 8.09. The van der Waals surface area contributed by atoms with Gasteiger partial charge in [-0.2, -0.15) is 0 Å². The first-order valence-corrected chi connectivity index (χ1v) is 6.28. The lowest BCUT2D eigenvalue weighted by Crippen LogP contribution is -2.01. The van der Waals surface area contributed by atoms with E-state index in [4.69, 9.17) is 4.42 Å². The molecule has 1 heterocycles. The van der Waals surface area contributed by atoms with Gasteiger partial charge in [-0.15, -0.1) is 0 Å². The van der Waals surface area contributed by atoms with Crippen molar-refractivity contribution in [3.63, 3.8) is 0 Å². The number of nitrogens with one attached hydrogen (secondary N) is 1. The molecule has 0 bridgehead atoms. The molecule has 20 heavy (non-hydrogen) atoms. The van der Waals surface area contributed by atoms with Gasteiger partial charge in [-0.3, -0.25) is 4.79 Å². The van der Waals surface area contributed by atoms with Crippen molar-refractivity contribution in [1.29, 1.82) is 0 Å². The molecule has 2 aromatic rings. The number of halogens is 1. The number of carbonyl (C=O) groups excluding carboxylic acids is 1. The van der Waals surface area contributed by atoms with Crippen LogP contribution < -0.4 is 5.32 Å².